The normalized spacial score (nSPS) is 25.6. The monoisotopic (exact) mass is 190 g/mol. The van der Waals surface area contributed by atoms with E-state index in [1.54, 1.807) is 6.07 Å². The Kier molecular flexibility index (Phi) is 2.36. The van der Waals surface area contributed by atoms with Crippen LogP contribution in [0.4, 0.5) is 13.6 Å². The summed E-state index contributed by atoms with van der Waals surface area (Å²) in [5, 5.41) is 16.8. The van der Waals surface area contributed by atoms with E-state index >= 15 is 0 Å². The van der Waals surface area contributed by atoms with E-state index in [1.165, 1.54) is 0 Å². The van der Waals surface area contributed by atoms with E-state index in [9.17, 15) is 13.6 Å². The van der Waals surface area contributed by atoms with Crippen LogP contribution in [0.2, 0.25) is 0 Å². The molecule has 1 N–H and O–H groups in total. The van der Waals surface area contributed by atoms with Gasteiger partial charge in [-0.15, -0.1) is 0 Å². The second kappa shape index (κ2) is 3.17. The Hall–Kier alpha value is -1.38. The fourth-order valence-corrected chi connectivity index (χ4v) is 1.41. The van der Waals surface area contributed by atoms with Crippen LogP contribution in [-0.2, 0) is 0 Å². The summed E-state index contributed by atoms with van der Waals surface area (Å²) in [4.78, 5) is 11.1. The predicted molar refractivity (Wildman–Crippen MR) is 38.3 cm³/mol. The SMILES string of the molecule is N#CCC1CC(F)(F)CN1C(=O)O. The molecule has 0 aromatic carbocycles. The summed E-state index contributed by atoms with van der Waals surface area (Å²) in [6, 6.07) is 0.831. The first-order chi connectivity index (χ1) is 5.96. The number of rotatable bonds is 1. The summed E-state index contributed by atoms with van der Waals surface area (Å²) in [5.41, 5.74) is 0. The van der Waals surface area contributed by atoms with E-state index < -0.39 is 31.0 Å². The maximum Gasteiger partial charge on any atom is 0.407 e. The molecule has 0 aromatic heterocycles. The lowest BCUT2D eigenvalue weighted by Gasteiger charge is -2.17. The van der Waals surface area contributed by atoms with Crippen LogP contribution in [0.1, 0.15) is 12.8 Å². The van der Waals surface area contributed by atoms with Crippen LogP contribution in [0, 0.1) is 11.3 Å². The van der Waals surface area contributed by atoms with Crippen molar-refractivity contribution < 1.29 is 18.7 Å². The maximum atomic E-state index is 12.7. The molecule has 0 aliphatic carbocycles. The third kappa shape index (κ3) is 2.05. The summed E-state index contributed by atoms with van der Waals surface area (Å²) >= 11 is 0. The molecule has 0 saturated carbocycles. The lowest BCUT2D eigenvalue weighted by atomic mass is 10.1. The number of carboxylic acid groups (broad SMARTS) is 1. The number of amides is 1. The summed E-state index contributed by atoms with van der Waals surface area (Å²) in [5.74, 6) is -2.99. The highest BCUT2D eigenvalue weighted by Crippen LogP contribution is 2.33. The molecule has 1 atom stereocenters. The molecule has 6 heteroatoms. The maximum absolute atomic E-state index is 12.7. The number of nitriles is 1. The average Bonchev–Trinajstić information content (AvgIpc) is 2.26. The highest BCUT2D eigenvalue weighted by atomic mass is 19.3. The lowest BCUT2D eigenvalue weighted by molar-refractivity contribution is 0.0126. The van der Waals surface area contributed by atoms with Crippen molar-refractivity contribution in [1.82, 2.24) is 4.90 Å². The third-order valence-electron chi connectivity index (χ3n) is 1.95. The summed E-state index contributed by atoms with van der Waals surface area (Å²) in [7, 11) is 0. The molecular weight excluding hydrogens is 182 g/mol. The minimum atomic E-state index is -2.99. The van der Waals surface area contributed by atoms with Crippen molar-refractivity contribution in [2.75, 3.05) is 6.54 Å². The molecular formula is C7H8F2N2O2. The van der Waals surface area contributed by atoms with Crippen LogP contribution in [0.25, 0.3) is 0 Å². The molecule has 0 bridgehead atoms. The topological polar surface area (TPSA) is 64.3 Å². The van der Waals surface area contributed by atoms with Crippen molar-refractivity contribution in [3.05, 3.63) is 0 Å². The molecule has 1 aliphatic heterocycles. The summed E-state index contributed by atoms with van der Waals surface area (Å²) in [6.07, 6.45) is -2.12. The van der Waals surface area contributed by atoms with Gasteiger partial charge in [-0.3, -0.25) is 4.90 Å². The Morgan fingerprint density at radius 1 is 1.77 bits per heavy atom. The van der Waals surface area contributed by atoms with Gasteiger partial charge in [-0.1, -0.05) is 0 Å². The molecule has 1 amide bonds. The van der Waals surface area contributed by atoms with Crippen LogP contribution in [0.15, 0.2) is 0 Å². The van der Waals surface area contributed by atoms with Crippen LogP contribution in [-0.4, -0.2) is 34.6 Å². The Balaban J connectivity index is 2.72. The first-order valence-electron chi connectivity index (χ1n) is 3.70. The molecule has 72 valence electrons. The highest BCUT2D eigenvalue weighted by Gasteiger charge is 2.46. The molecule has 1 aliphatic rings. The zero-order chi connectivity index (χ0) is 10.1. The molecule has 1 fully saturated rings. The second-order valence-electron chi connectivity index (χ2n) is 2.99. The number of alkyl halides is 2. The van der Waals surface area contributed by atoms with Crippen molar-refractivity contribution in [2.24, 2.45) is 0 Å². The Morgan fingerprint density at radius 3 is 2.85 bits per heavy atom. The Labute approximate surface area is 73.4 Å². The molecule has 1 unspecified atom stereocenters. The van der Waals surface area contributed by atoms with Crippen molar-refractivity contribution >= 4 is 6.09 Å². The van der Waals surface area contributed by atoms with Gasteiger partial charge < -0.3 is 5.11 Å². The lowest BCUT2D eigenvalue weighted by Crippen LogP contribution is -2.35. The number of likely N-dealkylation sites (tertiary alicyclic amines) is 1. The van der Waals surface area contributed by atoms with Crippen LogP contribution in [0.5, 0.6) is 0 Å². The number of hydrogen-bond acceptors (Lipinski definition) is 2. The molecule has 0 aromatic rings. The van der Waals surface area contributed by atoms with Gasteiger partial charge in [0.15, 0.2) is 0 Å². The summed E-state index contributed by atoms with van der Waals surface area (Å²) in [6.45, 7) is -0.797. The zero-order valence-electron chi connectivity index (χ0n) is 6.70. The molecule has 1 heterocycles. The first kappa shape index (κ1) is 9.71. The van der Waals surface area contributed by atoms with E-state index in [2.05, 4.69) is 0 Å². The highest BCUT2D eigenvalue weighted by molar-refractivity contribution is 5.66. The van der Waals surface area contributed by atoms with E-state index in [0.717, 1.165) is 0 Å². The average molecular weight is 190 g/mol. The van der Waals surface area contributed by atoms with Gasteiger partial charge in [-0.05, 0) is 0 Å². The van der Waals surface area contributed by atoms with Crippen LogP contribution < -0.4 is 0 Å². The fourth-order valence-electron chi connectivity index (χ4n) is 1.41. The van der Waals surface area contributed by atoms with Crippen molar-refractivity contribution in [2.45, 2.75) is 24.8 Å². The van der Waals surface area contributed by atoms with Crippen LogP contribution in [0.3, 0.4) is 0 Å². The van der Waals surface area contributed by atoms with Gasteiger partial charge in [-0.2, -0.15) is 5.26 Å². The van der Waals surface area contributed by atoms with Gasteiger partial charge >= 0.3 is 6.09 Å². The Morgan fingerprint density at radius 2 is 2.38 bits per heavy atom. The van der Waals surface area contributed by atoms with E-state index in [4.69, 9.17) is 10.4 Å². The molecule has 1 saturated heterocycles. The molecule has 0 spiro atoms. The Bertz CT molecular complexity index is 262. The second-order valence-corrected chi connectivity index (χ2v) is 2.99. The number of hydrogen-bond donors (Lipinski definition) is 1. The van der Waals surface area contributed by atoms with Gasteiger partial charge in [0.25, 0.3) is 5.92 Å². The van der Waals surface area contributed by atoms with Gasteiger partial charge in [0.2, 0.25) is 0 Å². The predicted octanol–water partition coefficient (Wildman–Crippen LogP) is 1.29. The van der Waals surface area contributed by atoms with Crippen LogP contribution >= 0.6 is 0 Å². The van der Waals surface area contributed by atoms with E-state index in [0.29, 0.717) is 4.90 Å². The van der Waals surface area contributed by atoms with E-state index in [1.807, 2.05) is 0 Å². The molecule has 1 rings (SSSR count). The van der Waals surface area contributed by atoms with Crippen molar-refractivity contribution in [3.8, 4) is 6.07 Å². The molecule has 0 radical (unpaired) electrons. The minimum Gasteiger partial charge on any atom is -0.465 e. The van der Waals surface area contributed by atoms with Gasteiger partial charge in [0, 0.05) is 6.42 Å². The summed E-state index contributed by atoms with van der Waals surface area (Å²) < 4.78 is 25.4. The van der Waals surface area contributed by atoms with Crippen molar-refractivity contribution in [1.29, 1.82) is 5.26 Å². The quantitative estimate of drug-likeness (QED) is 0.677. The number of nitrogens with zero attached hydrogens (tertiary/aromatic N) is 2. The number of carbonyl (C=O) groups is 1. The standard InChI is InChI=1S/C7H8F2N2O2/c8-7(9)3-5(1-2-10)11(4-7)6(12)13/h5H,1,3-4H2,(H,12,13). The molecule has 4 nitrogen and oxygen atoms in total. The molecule has 13 heavy (non-hydrogen) atoms. The largest absolute Gasteiger partial charge is 0.465 e. The van der Waals surface area contributed by atoms with Crippen molar-refractivity contribution in [3.63, 3.8) is 0 Å². The van der Waals surface area contributed by atoms with Gasteiger partial charge in [0.1, 0.15) is 0 Å². The van der Waals surface area contributed by atoms with Gasteiger partial charge in [0.05, 0.1) is 25.1 Å². The van der Waals surface area contributed by atoms with E-state index in [-0.39, 0.29) is 6.42 Å². The van der Waals surface area contributed by atoms with Gasteiger partial charge in [-0.25, -0.2) is 13.6 Å². The third-order valence-corrected chi connectivity index (χ3v) is 1.95. The smallest absolute Gasteiger partial charge is 0.407 e. The first-order valence-corrected chi connectivity index (χ1v) is 3.70. The fraction of sp³-hybridized carbons (Fsp3) is 0.714. The zero-order valence-corrected chi connectivity index (χ0v) is 6.70. The minimum absolute atomic E-state index is 0.179. The number of halogens is 2.